The van der Waals surface area contributed by atoms with Crippen LogP contribution in [0.2, 0.25) is 0 Å². The van der Waals surface area contributed by atoms with Crippen LogP contribution in [0, 0.1) is 0 Å². The van der Waals surface area contributed by atoms with Crippen molar-refractivity contribution in [2.45, 2.75) is 30.9 Å². The number of hydrogen-bond donors (Lipinski definition) is 0. The fourth-order valence-electron chi connectivity index (χ4n) is 2.17. The number of rotatable bonds is 2. The molecule has 0 saturated heterocycles. The van der Waals surface area contributed by atoms with E-state index in [0.717, 1.165) is 5.56 Å². The second-order valence-electron chi connectivity index (χ2n) is 4.36. The first kappa shape index (κ1) is 12.5. The van der Waals surface area contributed by atoms with Crippen molar-refractivity contribution >= 4 is 10.1 Å². The van der Waals surface area contributed by atoms with Gasteiger partial charge in [0.2, 0.25) is 0 Å². The molecule has 1 aromatic rings. The Hall–Kier alpha value is -1.51. The van der Waals surface area contributed by atoms with E-state index < -0.39 is 21.5 Å². The standard InChI is InChI=1S/C10H8F3NO4S/c11-10(12,13)19(15,16)18-9-8-4-5-3-6(17-8)1-2-7(5)14-9/h4,6H,1-3H2. The molecular weight excluding hydrogens is 287 g/mol. The van der Waals surface area contributed by atoms with Gasteiger partial charge in [0, 0.05) is 12.1 Å². The SMILES string of the molecule is O=S(=O)(Oc1nc2c3cc1OC(CC2)C3)C(F)(F)F. The van der Waals surface area contributed by atoms with Crippen molar-refractivity contribution in [1.29, 1.82) is 0 Å². The van der Waals surface area contributed by atoms with E-state index in [2.05, 4.69) is 9.17 Å². The summed E-state index contributed by atoms with van der Waals surface area (Å²) in [7, 11) is -5.72. The molecule has 19 heavy (non-hydrogen) atoms. The molecule has 3 bridgehead atoms. The van der Waals surface area contributed by atoms with Crippen LogP contribution in [-0.2, 0) is 23.0 Å². The maximum absolute atomic E-state index is 12.3. The number of halogens is 3. The molecular formula is C10H8F3NO4S. The predicted octanol–water partition coefficient (Wildman–Crippen LogP) is 1.56. The highest BCUT2D eigenvalue weighted by molar-refractivity contribution is 7.87. The summed E-state index contributed by atoms with van der Waals surface area (Å²) < 4.78 is 68.1. The highest BCUT2D eigenvalue weighted by atomic mass is 32.2. The van der Waals surface area contributed by atoms with Gasteiger partial charge in [-0.05, 0) is 24.5 Å². The summed E-state index contributed by atoms with van der Waals surface area (Å²) in [4.78, 5) is 3.82. The molecule has 1 aromatic heterocycles. The first-order valence-electron chi connectivity index (χ1n) is 5.46. The molecule has 0 N–H and O–H groups in total. The highest BCUT2D eigenvalue weighted by Crippen LogP contribution is 2.39. The zero-order valence-corrected chi connectivity index (χ0v) is 10.2. The lowest BCUT2D eigenvalue weighted by Gasteiger charge is -2.31. The average molecular weight is 295 g/mol. The largest absolute Gasteiger partial charge is 0.534 e. The highest BCUT2D eigenvalue weighted by Gasteiger charge is 2.49. The van der Waals surface area contributed by atoms with Gasteiger partial charge in [0.05, 0.1) is 0 Å². The van der Waals surface area contributed by atoms with Gasteiger partial charge in [-0.15, -0.1) is 0 Å². The Labute approximate surface area is 106 Å². The molecule has 0 saturated carbocycles. The van der Waals surface area contributed by atoms with Gasteiger partial charge in [0.15, 0.2) is 5.75 Å². The zero-order chi connectivity index (χ0) is 13.8. The molecule has 2 aliphatic rings. The summed E-state index contributed by atoms with van der Waals surface area (Å²) in [5.41, 5.74) is -4.05. The molecule has 0 amide bonds. The van der Waals surface area contributed by atoms with Gasteiger partial charge >= 0.3 is 15.6 Å². The summed E-state index contributed by atoms with van der Waals surface area (Å²) in [6.45, 7) is 0. The molecule has 104 valence electrons. The third-order valence-corrected chi connectivity index (χ3v) is 3.98. The minimum atomic E-state index is -5.72. The Bertz CT molecular complexity index is 641. The van der Waals surface area contributed by atoms with E-state index in [1.165, 1.54) is 6.07 Å². The van der Waals surface area contributed by atoms with Crippen LogP contribution in [0.3, 0.4) is 0 Å². The van der Waals surface area contributed by atoms with Crippen LogP contribution in [0.4, 0.5) is 13.2 Å². The van der Waals surface area contributed by atoms with Crippen LogP contribution in [0.25, 0.3) is 0 Å². The molecule has 3 rings (SSSR count). The quantitative estimate of drug-likeness (QED) is 0.612. The van der Waals surface area contributed by atoms with Gasteiger partial charge in [0.25, 0.3) is 5.88 Å². The fourth-order valence-corrected chi connectivity index (χ4v) is 2.59. The van der Waals surface area contributed by atoms with Crippen molar-refractivity contribution in [2.24, 2.45) is 0 Å². The first-order valence-corrected chi connectivity index (χ1v) is 6.87. The predicted molar refractivity (Wildman–Crippen MR) is 56.3 cm³/mol. The molecule has 9 heteroatoms. The number of pyridine rings is 1. The Morgan fingerprint density at radius 1 is 1.42 bits per heavy atom. The van der Waals surface area contributed by atoms with Crippen LogP contribution in [-0.4, -0.2) is 25.0 Å². The van der Waals surface area contributed by atoms with Crippen molar-refractivity contribution in [2.75, 3.05) is 0 Å². The molecule has 1 unspecified atom stereocenters. The molecule has 1 atom stereocenters. The molecule has 5 nitrogen and oxygen atoms in total. The Morgan fingerprint density at radius 2 is 2.16 bits per heavy atom. The van der Waals surface area contributed by atoms with Crippen molar-refractivity contribution in [3.8, 4) is 11.6 Å². The van der Waals surface area contributed by atoms with Crippen molar-refractivity contribution in [3.05, 3.63) is 17.3 Å². The summed E-state index contributed by atoms with van der Waals surface area (Å²) in [5, 5.41) is 0. The third-order valence-electron chi connectivity index (χ3n) is 3.04. The number of nitrogens with zero attached hydrogens (tertiary/aromatic N) is 1. The smallest absolute Gasteiger partial charge is 0.484 e. The number of hydrogen-bond acceptors (Lipinski definition) is 5. The van der Waals surface area contributed by atoms with E-state index in [9.17, 15) is 21.6 Å². The molecule has 0 spiro atoms. The third kappa shape index (κ3) is 2.01. The summed E-state index contributed by atoms with van der Waals surface area (Å²) in [6.07, 6.45) is 1.73. The summed E-state index contributed by atoms with van der Waals surface area (Å²) in [5.74, 6) is -0.692. The number of ether oxygens (including phenoxy) is 1. The molecule has 1 aliphatic heterocycles. The summed E-state index contributed by atoms with van der Waals surface area (Å²) >= 11 is 0. The van der Waals surface area contributed by atoms with Crippen molar-refractivity contribution in [3.63, 3.8) is 0 Å². The second kappa shape index (κ2) is 3.75. The molecule has 0 aromatic carbocycles. The van der Waals surface area contributed by atoms with Gasteiger partial charge in [0.1, 0.15) is 6.10 Å². The average Bonchev–Trinajstić information content (AvgIpc) is 2.28. The van der Waals surface area contributed by atoms with E-state index in [1.807, 2.05) is 0 Å². The number of fused-ring (bicyclic) bond motifs is 2. The van der Waals surface area contributed by atoms with Gasteiger partial charge in [-0.1, -0.05) is 0 Å². The lowest BCUT2D eigenvalue weighted by Crippen LogP contribution is -2.32. The Balaban J connectivity index is 2.01. The van der Waals surface area contributed by atoms with Gasteiger partial charge in [-0.3, -0.25) is 0 Å². The number of alkyl halides is 3. The Morgan fingerprint density at radius 3 is 2.84 bits per heavy atom. The number of aryl methyl sites for hydroxylation is 1. The van der Waals surface area contributed by atoms with E-state index in [-0.39, 0.29) is 11.9 Å². The fraction of sp³-hybridized carbons (Fsp3) is 0.500. The zero-order valence-electron chi connectivity index (χ0n) is 9.40. The summed E-state index contributed by atoms with van der Waals surface area (Å²) in [6, 6.07) is 1.49. The lowest BCUT2D eigenvalue weighted by molar-refractivity contribution is -0.0502. The monoisotopic (exact) mass is 295 g/mol. The van der Waals surface area contributed by atoms with Gasteiger partial charge in [-0.25, -0.2) is 4.98 Å². The minimum Gasteiger partial charge on any atom is -0.484 e. The normalized spacial score (nSPS) is 21.1. The second-order valence-corrected chi connectivity index (χ2v) is 5.90. The van der Waals surface area contributed by atoms with Crippen LogP contribution < -0.4 is 8.92 Å². The molecule has 1 aliphatic carbocycles. The van der Waals surface area contributed by atoms with E-state index in [4.69, 9.17) is 4.74 Å². The van der Waals surface area contributed by atoms with Crippen LogP contribution in [0.15, 0.2) is 6.07 Å². The first-order chi connectivity index (χ1) is 8.76. The maximum Gasteiger partial charge on any atom is 0.534 e. The van der Waals surface area contributed by atoms with E-state index in [0.29, 0.717) is 25.0 Å². The van der Waals surface area contributed by atoms with E-state index >= 15 is 0 Å². The van der Waals surface area contributed by atoms with Crippen LogP contribution >= 0.6 is 0 Å². The van der Waals surface area contributed by atoms with Gasteiger partial charge < -0.3 is 8.92 Å². The molecule has 0 radical (unpaired) electrons. The van der Waals surface area contributed by atoms with Gasteiger partial charge in [-0.2, -0.15) is 21.6 Å². The molecule has 2 heterocycles. The maximum atomic E-state index is 12.3. The topological polar surface area (TPSA) is 65.5 Å². The van der Waals surface area contributed by atoms with Crippen molar-refractivity contribution < 1.29 is 30.5 Å². The van der Waals surface area contributed by atoms with Crippen LogP contribution in [0.1, 0.15) is 17.7 Å². The lowest BCUT2D eigenvalue weighted by atomic mass is 9.91. The van der Waals surface area contributed by atoms with Crippen molar-refractivity contribution in [1.82, 2.24) is 4.98 Å². The van der Waals surface area contributed by atoms with E-state index in [1.54, 1.807) is 0 Å². The number of aromatic nitrogens is 1. The molecule has 0 fully saturated rings. The minimum absolute atomic E-state index is 0.0532. The van der Waals surface area contributed by atoms with Crippen LogP contribution in [0.5, 0.6) is 11.6 Å². The Kier molecular flexibility index (Phi) is 2.47.